The number of ether oxygens (including phenoxy) is 1. The van der Waals surface area contributed by atoms with Crippen molar-refractivity contribution in [2.24, 2.45) is 0 Å². The Kier molecular flexibility index (Phi) is 5.82. The minimum atomic E-state index is -4.67. The van der Waals surface area contributed by atoms with Crippen molar-refractivity contribution in [3.63, 3.8) is 0 Å². The lowest BCUT2D eigenvalue weighted by atomic mass is 10.1. The van der Waals surface area contributed by atoms with Gasteiger partial charge < -0.3 is 14.9 Å². The Bertz CT molecular complexity index is 1040. The first-order valence-corrected chi connectivity index (χ1v) is 8.46. The van der Waals surface area contributed by atoms with E-state index >= 15 is 0 Å². The van der Waals surface area contributed by atoms with Crippen LogP contribution in [-0.2, 0) is 6.18 Å². The van der Waals surface area contributed by atoms with Crippen LogP contribution >= 0.6 is 0 Å². The first-order chi connectivity index (χ1) is 13.8. The van der Waals surface area contributed by atoms with Crippen molar-refractivity contribution >= 4 is 0 Å². The number of benzene rings is 2. The smallest absolute Gasteiger partial charge is 0.420 e. The summed E-state index contributed by atoms with van der Waals surface area (Å²) in [5.74, 6) is -0.231. The first kappa shape index (κ1) is 20.3. The second-order valence-electron chi connectivity index (χ2n) is 6.12. The Labute approximate surface area is 164 Å². The average molecular weight is 400 g/mol. The summed E-state index contributed by atoms with van der Waals surface area (Å²) < 4.78 is 45.1. The molecule has 3 rings (SSSR count). The van der Waals surface area contributed by atoms with Crippen LogP contribution in [0.2, 0.25) is 0 Å². The summed E-state index contributed by atoms with van der Waals surface area (Å²) in [7, 11) is 0. The molecule has 2 N–H and O–H groups in total. The fourth-order valence-electron chi connectivity index (χ4n) is 2.65. The quantitative estimate of drug-likeness (QED) is 0.661. The minimum absolute atomic E-state index is 0.115. The van der Waals surface area contributed by atoms with Gasteiger partial charge in [0, 0.05) is 11.8 Å². The Morgan fingerprint density at radius 1 is 1.07 bits per heavy atom. The normalized spacial score (nSPS) is 12.3. The number of rotatable bonds is 5. The Hall–Kier alpha value is -3.41. The number of hydrogen-bond acceptors (Lipinski definition) is 5. The molecule has 0 spiro atoms. The van der Waals surface area contributed by atoms with E-state index in [2.05, 4.69) is 4.98 Å². The van der Waals surface area contributed by atoms with Gasteiger partial charge in [0.15, 0.2) is 0 Å². The maximum atomic E-state index is 13.2. The number of aromatic nitrogens is 1. The molecule has 0 aliphatic carbocycles. The number of nitrogens with zero attached hydrogens (tertiary/aromatic N) is 2. The van der Waals surface area contributed by atoms with E-state index in [4.69, 9.17) is 15.1 Å². The number of nitriles is 1. The second kappa shape index (κ2) is 8.31. The van der Waals surface area contributed by atoms with Gasteiger partial charge in [-0.1, -0.05) is 0 Å². The van der Waals surface area contributed by atoms with E-state index in [1.807, 2.05) is 0 Å². The highest BCUT2D eigenvalue weighted by molar-refractivity contribution is 5.61. The van der Waals surface area contributed by atoms with E-state index in [0.29, 0.717) is 16.8 Å². The highest BCUT2D eigenvalue weighted by Gasteiger charge is 2.35. The number of halogens is 3. The fraction of sp³-hybridized carbons (Fsp3) is 0.143. The number of aliphatic hydroxyl groups is 2. The van der Waals surface area contributed by atoms with E-state index in [1.165, 1.54) is 24.4 Å². The van der Waals surface area contributed by atoms with Gasteiger partial charge in [0.1, 0.15) is 17.6 Å². The minimum Gasteiger partial charge on any atom is -0.457 e. The zero-order chi connectivity index (χ0) is 21.0. The van der Waals surface area contributed by atoms with Crippen LogP contribution in [0.1, 0.15) is 22.8 Å². The molecule has 1 heterocycles. The number of alkyl halides is 3. The van der Waals surface area contributed by atoms with Crippen molar-refractivity contribution in [3.8, 4) is 28.8 Å². The molecule has 0 fully saturated rings. The Balaban J connectivity index is 1.86. The summed E-state index contributed by atoms with van der Waals surface area (Å²) in [6.07, 6.45) is -4.21. The predicted octanol–water partition coefficient (Wildman–Crippen LogP) is 4.46. The van der Waals surface area contributed by atoms with Gasteiger partial charge >= 0.3 is 6.18 Å². The van der Waals surface area contributed by atoms with Gasteiger partial charge in [-0.15, -0.1) is 0 Å². The molecule has 1 aromatic heterocycles. The van der Waals surface area contributed by atoms with Crippen molar-refractivity contribution in [1.82, 2.24) is 4.98 Å². The zero-order valence-electron chi connectivity index (χ0n) is 14.9. The SMILES string of the molecule is N#Cc1ccc(Oc2ccc(-c3cc([C@H](O)CO)ccn3)cc2)c(C(F)(F)F)c1. The molecule has 0 saturated heterocycles. The Morgan fingerprint density at radius 3 is 2.41 bits per heavy atom. The molecule has 1 atom stereocenters. The highest BCUT2D eigenvalue weighted by atomic mass is 19.4. The van der Waals surface area contributed by atoms with Gasteiger partial charge in [-0.05, 0) is 60.2 Å². The van der Waals surface area contributed by atoms with Crippen molar-refractivity contribution in [2.75, 3.05) is 6.61 Å². The third-order valence-electron chi connectivity index (χ3n) is 4.13. The lowest BCUT2D eigenvalue weighted by Crippen LogP contribution is -2.07. The molecule has 0 aliphatic heterocycles. The van der Waals surface area contributed by atoms with E-state index in [9.17, 15) is 18.3 Å². The zero-order valence-corrected chi connectivity index (χ0v) is 14.9. The van der Waals surface area contributed by atoms with E-state index in [0.717, 1.165) is 12.1 Å². The summed E-state index contributed by atoms with van der Waals surface area (Å²) >= 11 is 0. The molecule has 0 radical (unpaired) electrons. The van der Waals surface area contributed by atoms with E-state index < -0.39 is 30.2 Å². The molecule has 0 saturated carbocycles. The van der Waals surface area contributed by atoms with Gasteiger partial charge in [-0.3, -0.25) is 4.98 Å². The van der Waals surface area contributed by atoms with Crippen molar-refractivity contribution in [1.29, 1.82) is 5.26 Å². The van der Waals surface area contributed by atoms with Crippen molar-refractivity contribution < 1.29 is 28.1 Å². The largest absolute Gasteiger partial charge is 0.457 e. The standard InChI is InChI=1S/C21H15F3N2O3/c22-21(23,24)17-9-13(11-25)1-6-20(17)29-16-4-2-14(3-5-16)18-10-15(7-8-26-18)19(28)12-27/h1-10,19,27-28H,12H2/t19-/m1/s1. The molecule has 148 valence electrons. The maximum absolute atomic E-state index is 13.2. The summed E-state index contributed by atoms with van der Waals surface area (Å²) in [5.41, 5.74) is 0.519. The van der Waals surface area contributed by atoms with Gasteiger partial charge in [-0.25, -0.2) is 0 Å². The summed E-state index contributed by atoms with van der Waals surface area (Å²) in [6.45, 7) is -0.428. The van der Waals surface area contributed by atoms with Crippen LogP contribution in [0.5, 0.6) is 11.5 Å². The monoisotopic (exact) mass is 400 g/mol. The summed E-state index contributed by atoms with van der Waals surface area (Å²) in [5, 5.41) is 27.6. The van der Waals surface area contributed by atoms with E-state index in [1.54, 1.807) is 30.3 Å². The molecule has 0 unspecified atom stereocenters. The molecular weight excluding hydrogens is 385 g/mol. The molecular formula is C21H15F3N2O3. The van der Waals surface area contributed by atoms with Gasteiger partial charge in [-0.2, -0.15) is 18.4 Å². The van der Waals surface area contributed by atoms with Crippen LogP contribution in [0.25, 0.3) is 11.3 Å². The maximum Gasteiger partial charge on any atom is 0.420 e. The van der Waals surface area contributed by atoms with E-state index in [-0.39, 0.29) is 11.3 Å². The van der Waals surface area contributed by atoms with Crippen LogP contribution < -0.4 is 4.74 Å². The van der Waals surface area contributed by atoms with Gasteiger partial charge in [0.2, 0.25) is 0 Å². The third-order valence-corrected chi connectivity index (χ3v) is 4.13. The van der Waals surface area contributed by atoms with Crippen LogP contribution in [0.15, 0.2) is 60.8 Å². The van der Waals surface area contributed by atoms with Crippen LogP contribution in [-0.4, -0.2) is 21.8 Å². The highest BCUT2D eigenvalue weighted by Crippen LogP contribution is 2.39. The third kappa shape index (κ3) is 4.71. The molecule has 5 nitrogen and oxygen atoms in total. The predicted molar refractivity (Wildman–Crippen MR) is 98.0 cm³/mol. The molecule has 0 aliphatic rings. The fourth-order valence-corrected chi connectivity index (χ4v) is 2.65. The molecule has 0 bridgehead atoms. The van der Waals surface area contributed by atoms with Crippen LogP contribution in [0, 0.1) is 11.3 Å². The van der Waals surface area contributed by atoms with Gasteiger partial charge in [0.05, 0.1) is 29.5 Å². The second-order valence-corrected chi connectivity index (χ2v) is 6.12. The summed E-state index contributed by atoms with van der Waals surface area (Å²) in [6, 6.07) is 14.2. The number of hydrogen-bond donors (Lipinski definition) is 2. The summed E-state index contributed by atoms with van der Waals surface area (Å²) in [4.78, 5) is 4.19. The van der Waals surface area contributed by atoms with Crippen molar-refractivity contribution in [3.05, 3.63) is 77.5 Å². The average Bonchev–Trinajstić information content (AvgIpc) is 2.73. The van der Waals surface area contributed by atoms with Crippen LogP contribution in [0.4, 0.5) is 13.2 Å². The molecule has 2 aromatic carbocycles. The van der Waals surface area contributed by atoms with Crippen LogP contribution in [0.3, 0.4) is 0 Å². The molecule has 29 heavy (non-hydrogen) atoms. The lowest BCUT2D eigenvalue weighted by Gasteiger charge is -2.14. The number of pyridine rings is 1. The topological polar surface area (TPSA) is 86.4 Å². The molecule has 8 heteroatoms. The van der Waals surface area contributed by atoms with Gasteiger partial charge in [0.25, 0.3) is 0 Å². The molecule has 3 aromatic rings. The van der Waals surface area contributed by atoms with Crippen molar-refractivity contribution in [2.45, 2.75) is 12.3 Å². The Morgan fingerprint density at radius 2 is 1.79 bits per heavy atom. The number of aliphatic hydroxyl groups excluding tert-OH is 2. The molecule has 0 amide bonds. The first-order valence-electron chi connectivity index (χ1n) is 8.46. The lowest BCUT2D eigenvalue weighted by molar-refractivity contribution is -0.138.